The Morgan fingerprint density at radius 1 is 1.44 bits per heavy atom. The molecule has 0 aliphatic carbocycles. The number of rotatable bonds is 3. The minimum absolute atomic E-state index is 0.0660. The van der Waals surface area contributed by atoms with Gasteiger partial charge >= 0.3 is 5.97 Å². The van der Waals surface area contributed by atoms with Crippen LogP contribution >= 0.6 is 0 Å². The van der Waals surface area contributed by atoms with Gasteiger partial charge in [-0.15, -0.1) is 0 Å². The highest BCUT2D eigenvalue weighted by molar-refractivity contribution is 6.37. The summed E-state index contributed by atoms with van der Waals surface area (Å²) in [5.41, 5.74) is -0.927. The van der Waals surface area contributed by atoms with Gasteiger partial charge in [0.1, 0.15) is 0 Å². The van der Waals surface area contributed by atoms with Crippen molar-refractivity contribution in [2.24, 2.45) is 11.1 Å². The molecular formula is C10H14N2O4. The average Bonchev–Trinajstić information content (AvgIpc) is 2.43. The Morgan fingerprint density at radius 2 is 2.00 bits per heavy atom. The first-order valence-electron chi connectivity index (χ1n) is 4.92. The maximum Gasteiger partial charge on any atom is 0.365 e. The Balaban J connectivity index is 2.97. The first-order valence-corrected chi connectivity index (χ1v) is 4.92. The van der Waals surface area contributed by atoms with E-state index in [0.29, 0.717) is 5.71 Å². The molecule has 0 spiro atoms. The van der Waals surface area contributed by atoms with E-state index in [0.717, 1.165) is 6.92 Å². The molecule has 6 nitrogen and oxygen atoms in total. The molecule has 0 radical (unpaired) electrons. The van der Waals surface area contributed by atoms with Crippen LogP contribution in [-0.4, -0.2) is 28.9 Å². The quantitative estimate of drug-likeness (QED) is 0.543. The largest absolute Gasteiger partial charge is 0.365 e. The first-order chi connectivity index (χ1) is 7.29. The van der Waals surface area contributed by atoms with Crippen molar-refractivity contribution in [2.45, 2.75) is 33.2 Å². The van der Waals surface area contributed by atoms with Crippen molar-refractivity contribution in [2.75, 3.05) is 0 Å². The number of oxime groups is 1. The van der Waals surface area contributed by atoms with Gasteiger partial charge < -0.3 is 10.2 Å². The highest BCUT2D eigenvalue weighted by atomic mass is 16.7. The lowest BCUT2D eigenvalue weighted by Gasteiger charge is -2.23. The molecule has 1 aliphatic rings. The molecule has 88 valence electrons. The van der Waals surface area contributed by atoms with Gasteiger partial charge in [0.15, 0.2) is 5.54 Å². The van der Waals surface area contributed by atoms with Crippen molar-refractivity contribution in [1.29, 1.82) is 0 Å². The summed E-state index contributed by atoms with van der Waals surface area (Å²) in [5.74, 6) is -2.23. The Kier molecular flexibility index (Phi) is 3.11. The topological polar surface area (TPSA) is 84.8 Å². The number of Topliss-reactive ketones (excluding diaryl/α,β-unsaturated/α-hetero) is 1. The molecule has 1 heterocycles. The molecule has 0 fully saturated rings. The number of carbonyl (C=O) groups excluding carboxylic acids is 3. The summed E-state index contributed by atoms with van der Waals surface area (Å²) in [5, 5.41) is 5.96. The zero-order valence-electron chi connectivity index (χ0n) is 9.66. The van der Waals surface area contributed by atoms with E-state index in [-0.39, 0.29) is 5.92 Å². The van der Waals surface area contributed by atoms with E-state index in [4.69, 9.17) is 0 Å². The van der Waals surface area contributed by atoms with Crippen LogP contribution in [0.25, 0.3) is 0 Å². The highest BCUT2D eigenvalue weighted by Crippen LogP contribution is 2.22. The number of nitrogens with zero attached hydrogens (tertiary/aromatic N) is 1. The molecule has 1 rings (SSSR count). The fourth-order valence-corrected chi connectivity index (χ4v) is 1.49. The molecule has 0 saturated carbocycles. The van der Waals surface area contributed by atoms with E-state index < -0.39 is 23.2 Å². The Morgan fingerprint density at radius 3 is 2.44 bits per heavy atom. The predicted molar refractivity (Wildman–Crippen MR) is 55.6 cm³/mol. The number of carbonyl (C=O) groups is 3. The Bertz CT molecular complexity index is 386. The minimum Gasteiger partial charge on any atom is -0.329 e. The second-order valence-electron chi connectivity index (χ2n) is 4.15. The van der Waals surface area contributed by atoms with Gasteiger partial charge in [-0.3, -0.25) is 9.59 Å². The standard InChI is InChI=1S/C10H14N2O4/c1-5(2)7-10(4,9(15)16-12-7)11-8(14)6(3)13/h5H,1-4H3,(H,11,14). The molecule has 0 aromatic rings. The molecule has 1 atom stereocenters. The van der Waals surface area contributed by atoms with Crippen LogP contribution < -0.4 is 5.32 Å². The van der Waals surface area contributed by atoms with E-state index in [1.54, 1.807) is 0 Å². The Labute approximate surface area is 93.0 Å². The van der Waals surface area contributed by atoms with Gasteiger partial charge in [-0.05, 0) is 12.8 Å². The normalized spacial score (nSPS) is 24.1. The Hall–Kier alpha value is -1.72. The third-order valence-electron chi connectivity index (χ3n) is 2.38. The van der Waals surface area contributed by atoms with Crippen LogP contribution in [0, 0.1) is 5.92 Å². The predicted octanol–water partition coefficient (Wildman–Crippen LogP) is 0.0191. The zero-order valence-corrected chi connectivity index (χ0v) is 9.66. The van der Waals surface area contributed by atoms with Gasteiger partial charge in [0.25, 0.3) is 5.91 Å². The lowest BCUT2D eigenvalue weighted by molar-refractivity contribution is -0.147. The summed E-state index contributed by atoms with van der Waals surface area (Å²) in [6, 6.07) is 0. The van der Waals surface area contributed by atoms with Crippen molar-refractivity contribution in [3.63, 3.8) is 0 Å². The fraction of sp³-hybridized carbons (Fsp3) is 0.600. The van der Waals surface area contributed by atoms with Gasteiger partial charge in [-0.1, -0.05) is 19.0 Å². The number of amides is 1. The highest BCUT2D eigenvalue weighted by Gasteiger charge is 2.48. The van der Waals surface area contributed by atoms with Crippen molar-refractivity contribution < 1.29 is 19.2 Å². The van der Waals surface area contributed by atoms with E-state index in [1.165, 1.54) is 6.92 Å². The number of hydrogen-bond donors (Lipinski definition) is 1. The summed E-state index contributed by atoms with van der Waals surface area (Å²) in [4.78, 5) is 38.2. The van der Waals surface area contributed by atoms with Crippen molar-refractivity contribution in [3.8, 4) is 0 Å². The van der Waals surface area contributed by atoms with Gasteiger partial charge in [-0.25, -0.2) is 4.79 Å². The maximum atomic E-state index is 11.5. The van der Waals surface area contributed by atoms with Gasteiger partial charge in [0, 0.05) is 6.92 Å². The van der Waals surface area contributed by atoms with Crippen LogP contribution in [0.5, 0.6) is 0 Å². The lowest BCUT2D eigenvalue weighted by Crippen LogP contribution is -2.58. The van der Waals surface area contributed by atoms with Crippen molar-refractivity contribution >= 4 is 23.4 Å². The molecule has 0 bridgehead atoms. The van der Waals surface area contributed by atoms with Crippen LogP contribution in [0.3, 0.4) is 0 Å². The molecule has 16 heavy (non-hydrogen) atoms. The second-order valence-corrected chi connectivity index (χ2v) is 4.15. The van der Waals surface area contributed by atoms with Crippen LogP contribution in [0.15, 0.2) is 5.16 Å². The van der Waals surface area contributed by atoms with E-state index in [9.17, 15) is 14.4 Å². The van der Waals surface area contributed by atoms with Gasteiger partial charge in [-0.2, -0.15) is 0 Å². The molecule has 1 amide bonds. The summed E-state index contributed by atoms with van der Waals surface area (Å²) in [6.45, 7) is 6.24. The van der Waals surface area contributed by atoms with E-state index in [1.807, 2.05) is 13.8 Å². The maximum absolute atomic E-state index is 11.5. The minimum atomic E-state index is -1.34. The van der Waals surface area contributed by atoms with Crippen LogP contribution in [0.2, 0.25) is 0 Å². The molecule has 0 saturated heterocycles. The molecule has 1 aliphatic heterocycles. The fourth-order valence-electron chi connectivity index (χ4n) is 1.49. The van der Waals surface area contributed by atoms with E-state index >= 15 is 0 Å². The SMILES string of the molecule is CC(=O)C(=O)NC1(C)C(=O)ON=C1C(C)C. The number of nitrogens with one attached hydrogen (secondary N) is 1. The van der Waals surface area contributed by atoms with Crippen LogP contribution in [0.1, 0.15) is 27.7 Å². The summed E-state index contributed by atoms with van der Waals surface area (Å²) in [6.07, 6.45) is 0. The molecule has 1 unspecified atom stereocenters. The molecular weight excluding hydrogens is 212 g/mol. The molecule has 6 heteroatoms. The molecule has 1 N–H and O–H groups in total. The van der Waals surface area contributed by atoms with Crippen LogP contribution in [-0.2, 0) is 19.2 Å². The van der Waals surface area contributed by atoms with Crippen molar-refractivity contribution in [3.05, 3.63) is 0 Å². The van der Waals surface area contributed by atoms with E-state index in [2.05, 4.69) is 15.3 Å². The summed E-state index contributed by atoms with van der Waals surface area (Å²) in [7, 11) is 0. The lowest BCUT2D eigenvalue weighted by atomic mass is 9.88. The smallest absolute Gasteiger partial charge is 0.329 e. The third kappa shape index (κ3) is 1.95. The first kappa shape index (κ1) is 12.4. The summed E-state index contributed by atoms with van der Waals surface area (Å²) >= 11 is 0. The second kappa shape index (κ2) is 4.03. The van der Waals surface area contributed by atoms with Gasteiger partial charge in [0.2, 0.25) is 5.78 Å². The van der Waals surface area contributed by atoms with Gasteiger partial charge in [0.05, 0.1) is 5.71 Å². The third-order valence-corrected chi connectivity index (χ3v) is 2.38. The molecule has 0 aromatic heterocycles. The molecule has 0 aromatic carbocycles. The monoisotopic (exact) mass is 226 g/mol. The van der Waals surface area contributed by atoms with Crippen LogP contribution in [0.4, 0.5) is 0 Å². The average molecular weight is 226 g/mol. The number of ketones is 1. The zero-order chi connectivity index (χ0) is 12.5. The van der Waals surface area contributed by atoms with Crippen molar-refractivity contribution in [1.82, 2.24) is 5.32 Å². The summed E-state index contributed by atoms with van der Waals surface area (Å²) < 4.78 is 0. The number of hydrogen-bond acceptors (Lipinski definition) is 5.